The molecule has 3 fully saturated rings. The van der Waals surface area contributed by atoms with Crippen molar-refractivity contribution in [1.29, 1.82) is 0 Å². The molecular formula is C39H55N7O6. The second-order valence-electron chi connectivity index (χ2n) is 14.6. The van der Waals surface area contributed by atoms with Crippen molar-refractivity contribution in [3.8, 4) is 0 Å². The topological polar surface area (TPSA) is 221 Å². The van der Waals surface area contributed by atoms with Crippen LogP contribution in [0.25, 0.3) is 0 Å². The Morgan fingerprint density at radius 1 is 0.827 bits per heavy atom. The minimum Gasteiger partial charge on any atom is -0.445 e. The number of primary amides is 1. The molecule has 0 saturated heterocycles. The SMILES string of the molecule is C[C@@H](CC12CC(C1)C2)C(=O)N[C@@H](CCCN=C(N)N)C(=O)C[C@@H](Cc1ccccc1)C(=O)N[C@@H](CCCCNC(=O)OCc1ccccc1)C(N)=O. The summed E-state index contributed by atoms with van der Waals surface area (Å²) in [5.41, 5.74) is 18.6. The van der Waals surface area contributed by atoms with Crippen LogP contribution in [-0.4, -0.2) is 60.7 Å². The lowest BCUT2D eigenvalue weighted by Gasteiger charge is -2.63. The van der Waals surface area contributed by atoms with E-state index in [1.165, 1.54) is 19.3 Å². The Morgan fingerprint density at radius 3 is 2.04 bits per heavy atom. The predicted octanol–water partition coefficient (Wildman–Crippen LogP) is 3.24. The number of guanidine groups is 1. The van der Waals surface area contributed by atoms with Crippen LogP contribution >= 0.6 is 0 Å². The maximum atomic E-state index is 13.9. The molecule has 3 aliphatic carbocycles. The molecule has 2 aromatic carbocycles. The Labute approximate surface area is 306 Å². The van der Waals surface area contributed by atoms with E-state index < -0.39 is 35.9 Å². The number of rotatable bonds is 23. The Hall–Kier alpha value is -4.94. The normalized spacial score (nSPS) is 19.3. The number of Topliss-reactive ketones (excluding diaryl/α,β-unsaturated/α-hetero) is 1. The lowest BCUT2D eigenvalue weighted by atomic mass is 9.42. The first-order chi connectivity index (χ1) is 24.9. The molecule has 0 radical (unpaired) electrons. The molecule has 52 heavy (non-hydrogen) atoms. The summed E-state index contributed by atoms with van der Waals surface area (Å²) in [4.78, 5) is 69.5. The van der Waals surface area contributed by atoms with Crippen LogP contribution in [0.4, 0.5) is 4.79 Å². The maximum Gasteiger partial charge on any atom is 0.407 e. The van der Waals surface area contributed by atoms with Crippen molar-refractivity contribution >= 4 is 35.6 Å². The van der Waals surface area contributed by atoms with Crippen molar-refractivity contribution in [3.63, 3.8) is 0 Å². The van der Waals surface area contributed by atoms with Gasteiger partial charge in [-0.15, -0.1) is 0 Å². The highest BCUT2D eigenvalue weighted by atomic mass is 16.5. The number of nitrogens with two attached hydrogens (primary N) is 3. The van der Waals surface area contributed by atoms with E-state index in [2.05, 4.69) is 20.9 Å². The summed E-state index contributed by atoms with van der Waals surface area (Å²) >= 11 is 0. The van der Waals surface area contributed by atoms with E-state index in [4.69, 9.17) is 21.9 Å². The van der Waals surface area contributed by atoms with Crippen molar-refractivity contribution in [3.05, 3.63) is 71.8 Å². The summed E-state index contributed by atoms with van der Waals surface area (Å²) in [5, 5.41) is 8.44. The zero-order valence-electron chi connectivity index (χ0n) is 30.2. The highest BCUT2D eigenvalue weighted by molar-refractivity contribution is 5.94. The fourth-order valence-electron chi connectivity index (χ4n) is 7.34. The van der Waals surface area contributed by atoms with Gasteiger partial charge >= 0.3 is 6.09 Å². The molecule has 4 amide bonds. The van der Waals surface area contributed by atoms with Crippen LogP contribution in [0.2, 0.25) is 0 Å². The van der Waals surface area contributed by atoms with E-state index in [1.807, 2.05) is 67.6 Å². The molecule has 5 rings (SSSR count). The van der Waals surface area contributed by atoms with Gasteiger partial charge in [0.05, 0.1) is 6.04 Å². The Kier molecular flexibility index (Phi) is 15.0. The van der Waals surface area contributed by atoms with Crippen LogP contribution in [0.3, 0.4) is 0 Å². The molecule has 13 heteroatoms. The molecular weight excluding hydrogens is 662 g/mol. The van der Waals surface area contributed by atoms with Crippen LogP contribution in [0.1, 0.15) is 82.3 Å². The Balaban J connectivity index is 1.33. The molecule has 282 valence electrons. The summed E-state index contributed by atoms with van der Waals surface area (Å²) in [7, 11) is 0. The zero-order valence-corrected chi connectivity index (χ0v) is 30.2. The predicted molar refractivity (Wildman–Crippen MR) is 198 cm³/mol. The number of hydrogen-bond acceptors (Lipinski definition) is 7. The minimum atomic E-state index is -0.973. The smallest absolute Gasteiger partial charge is 0.407 e. The van der Waals surface area contributed by atoms with Crippen LogP contribution in [0.5, 0.6) is 0 Å². The van der Waals surface area contributed by atoms with Gasteiger partial charge < -0.3 is 37.9 Å². The summed E-state index contributed by atoms with van der Waals surface area (Å²) < 4.78 is 5.22. The average molecular weight is 718 g/mol. The minimum absolute atomic E-state index is 0.0553. The van der Waals surface area contributed by atoms with E-state index in [-0.39, 0.29) is 54.9 Å². The summed E-state index contributed by atoms with van der Waals surface area (Å²) in [6.45, 7) is 2.66. The number of ether oxygens (including phenoxy) is 1. The lowest BCUT2D eigenvalue weighted by Crippen LogP contribution is -2.54. The lowest BCUT2D eigenvalue weighted by molar-refractivity contribution is -0.142. The molecule has 0 spiro atoms. The van der Waals surface area contributed by atoms with Crippen LogP contribution in [0, 0.1) is 23.2 Å². The average Bonchev–Trinajstić information content (AvgIpc) is 3.09. The third kappa shape index (κ3) is 12.7. The van der Waals surface area contributed by atoms with E-state index in [1.54, 1.807) is 0 Å². The molecule has 0 aliphatic heterocycles. The fraction of sp³-hybridized carbons (Fsp3) is 0.538. The van der Waals surface area contributed by atoms with Gasteiger partial charge in [-0.05, 0) is 86.7 Å². The standard InChI is InChI=1S/C39H55N7O6/c1-26(21-39-22-29(23-39)24-39)35(49)45-31(16-10-18-43-37(41)42)33(47)20-30(19-27-11-4-2-5-12-27)36(50)46-32(34(40)48)15-8-9-17-44-38(51)52-25-28-13-6-3-7-14-28/h2-7,11-14,26,29-32H,8-10,15-25H2,1H3,(H2,40,48)(H,44,51)(H,45,49)(H,46,50)(H4,41,42,43)/t26-,29?,30+,31-,32-,39?/m0/s1. The number of benzene rings is 2. The van der Waals surface area contributed by atoms with Crippen molar-refractivity contribution in [1.82, 2.24) is 16.0 Å². The van der Waals surface area contributed by atoms with Gasteiger partial charge in [0, 0.05) is 31.3 Å². The summed E-state index contributed by atoms with van der Waals surface area (Å²) in [6, 6.07) is 16.8. The van der Waals surface area contributed by atoms with E-state index in [0.29, 0.717) is 38.8 Å². The first-order valence-electron chi connectivity index (χ1n) is 18.4. The van der Waals surface area contributed by atoms with Gasteiger partial charge in [-0.25, -0.2) is 4.79 Å². The number of ketones is 1. The first kappa shape index (κ1) is 39.8. The number of nitrogens with one attached hydrogen (secondary N) is 3. The van der Waals surface area contributed by atoms with Crippen molar-refractivity contribution < 1.29 is 28.7 Å². The second kappa shape index (κ2) is 19.6. The highest BCUT2D eigenvalue weighted by Gasteiger charge is 2.56. The molecule has 13 nitrogen and oxygen atoms in total. The number of carbonyl (C=O) groups is 5. The first-order valence-corrected chi connectivity index (χ1v) is 18.4. The molecule has 3 saturated carbocycles. The summed E-state index contributed by atoms with van der Waals surface area (Å²) in [5.74, 6) is -1.96. The van der Waals surface area contributed by atoms with Crippen molar-refractivity contribution in [2.24, 2.45) is 45.4 Å². The maximum absolute atomic E-state index is 13.9. The second-order valence-corrected chi connectivity index (χ2v) is 14.6. The molecule has 3 aliphatic rings. The number of alkyl carbamates (subject to hydrolysis) is 1. The summed E-state index contributed by atoms with van der Waals surface area (Å²) in [6.07, 6.45) is 5.87. The molecule has 9 N–H and O–H groups in total. The van der Waals surface area contributed by atoms with Gasteiger partial charge in [0.2, 0.25) is 17.7 Å². The number of amides is 4. The molecule has 2 aromatic rings. The van der Waals surface area contributed by atoms with Crippen LogP contribution < -0.4 is 33.2 Å². The van der Waals surface area contributed by atoms with Gasteiger partial charge in [-0.1, -0.05) is 67.6 Å². The molecule has 0 heterocycles. The van der Waals surface area contributed by atoms with Gasteiger partial charge in [0.1, 0.15) is 12.6 Å². The molecule has 0 unspecified atom stereocenters. The molecule has 0 aromatic heterocycles. The quantitative estimate of drug-likeness (QED) is 0.0568. The van der Waals surface area contributed by atoms with Crippen LogP contribution in [-0.2, 0) is 36.9 Å². The molecule has 4 atom stereocenters. The number of unbranched alkanes of at least 4 members (excludes halogenated alkanes) is 1. The van der Waals surface area contributed by atoms with E-state index >= 15 is 0 Å². The fourth-order valence-corrected chi connectivity index (χ4v) is 7.34. The Morgan fingerprint density at radius 2 is 1.44 bits per heavy atom. The van der Waals surface area contributed by atoms with Crippen LogP contribution in [0.15, 0.2) is 65.7 Å². The monoisotopic (exact) mass is 717 g/mol. The van der Waals surface area contributed by atoms with Gasteiger partial charge in [0.25, 0.3) is 0 Å². The number of carbonyl (C=O) groups excluding carboxylic acids is 5. The third-order valence-corrected chi connectivity index (χ3v) is 10.2. The van der Waals surface area contributed by atoms with Gasteiger partial charge in [-0.2, -0.15) is 0 Å². The number of aliphatic imine (C=N–C) groups is 1. The van der Waals surface area contributed by atoms with E-state index in [9.17, 15) is 24.0 Å². The largest absolute Gasteiger partial charge is 0.445 e. The molecule has 2 bridgehead atoms. The Bertz CT molecular complexity index is 1520. The number of hydrogen-bond donors (Lipinski definition) is 6. The van der Waals surface area contributed by atoms with Crippen molar-refractivity contribution in [2.45, 2.75) is 96.2 Å². The van der Waals surface area contributed by atoms with Crippen molar-refractivity contribution in [2.75, 3.05) is 13.1 Å². The number of nitrogens with zero attached hydrogens (tertiary/aromatic N) is 1. The van der Waals surface area contributed by atoms with E-state index in [0.717, 1.165) is 23.5 Å². The zero-order chi connectivity index (χ0) is 37.5. The van der Waals surface area contributed by atoms with Gasteiger partial charge in [-0.3, -0.25) is 24.2 Å². The van der Waals surface area contributed by atoms with Gasteiger partial charge in [0.15, 0.2) is 11.7 Å². The highest BCUT2D eigenvalue weighted by Crippen LogP contribution is 2.67. The third-order valence-electron chi connectivity index (χ3n) is 10.2.